The van der Waals surface area contributed by atoms with Gasteiger partial charge >= 0.3 is 12.0 Å². The van der Waals surface area contributed by atoms with E-state index in [0.29, 0.717) is 19.7 Å². The second kappa shape index (κ2) is 8.74. The SMILES string of the molecule is CCOC(C)CNC(=O)N(CC)C(C)CC(=O)O. The first-order chi connectivity index (χ1) is 8.42. The maximum atomic E-state index is 11.9. The van der Waals surface area contributed by atoms with Gasteiger partial charge in [0.1, 0.15) is 0 Å². The third-order valence-electron chi connectivity index (χ3n) is 2.60. The standard InChI is InChI=1S/C12H24N2O4/c1-5-14(9(3)7-11(15)16)12(17)13-8-10(4)18-6-2/h9-10H,5-8H2,1-4H3,(H,13,17)(H,15,16). The zero-order valence-corrected chi connectivity index (χ0v) is 11.6. The zero-order chi connectivity index (χ0) is 14.1. The van der Waals surface area contributed by atoms with Gasteiger partial charge in [-0.05, 0) is 27.7 Å². The van der Waals surface area contributed by atoms with Crippen LogP contribution in [0.25, 0.3) is 0 Å². The summed E-state index contributed by atoms with van der Waals surface area (Å²) >= 11 is 0. The van der Waals surface area contributed by atoms with E-state index in [0.717, 1.165) is 0 Å². The topological polar surface area (TPSA) is 78.9 Å². The van der Waals surface area contributed by atoms with Crippen molar-refractivity contribution < 1.29 is 19.4 Å². The summed E-state index contributed by atoms with van der Waals surface area (Å²) in [6.45, 7) is 8.82. The molecule has 0 rings (SSSR count). The van der Waals surface area contributed by atoms with E-state index in [2.05, 4.69) is 5.32 Å². The number of hydrogen-bond donors (Lipinski definition) is 2. The van der Waals surface area contributed by atoms with E-state index < -0.39 is 5.97 Å². The Kier molecular flexibility index (Phi) is 8.11. The first-order valence-corrected chi connectivity index (χ1v) is 6.30. The third kappa shape index (κ3) is 6.44. The minimum absolute atomic E-state index is 0.0487. The predicted octanol–water partition coefficient (Wildman–Crippen LogP) is 1.31. The Hall–Kier alpha value is -1.30. The van der Waals surface area contributed by atoms with Crippen LogP contribution in [0.5, 0.6) is 0 Å². The normalized spacial score (nSPS) is 13.8. The highest BCUT2D eigenvalue weighted by Gasteiger charge is 2.20. The molecule has 2 amide bonds. The molecule has 18 heavy (non-hydrogen) atoms. The van der Waals surface area contributed by atoms with Crippen molar-refractivity contribution in [1.29, 1.82) is 0 Å². The van der Waals surface area contributed by atoms with Crippen molar-refractivity contribution in [2.75, 3.05) is 19.7 Å². The lowest BCUT2D eigenvalue weighted by atomic mass is 10.2. The second-order valence-corrected chi connectivity index (χ2v) is 4.18. The van der Waals surface area contributed by atoms with Crippen molar-refractivity contribution >= 4 is 12.0 Å². The summed E-state index contributed by atoms with van der Waals surface area (Å²) in [6.07, 6.45) is -0.102. The van der Waals surface area contributed by atoms with Crippen molar-refractivity contribution in [2.24, 2.45) is 0 Å². The Labute approximate surface area is 108 Å². The molecule has 0 aromatic rings. The fourth-order valence-corrected chi connectivity index (χ4v) is 1.69. The number of carbonyl (C=O) groups is 2. The quantitative estimate of drug-likeness (QED) is 0.689. The van der Waals surface area contributed by atoms with Crippen LogP contribution in [0, 0.1) is 0 Å². The van der Waals surface area contributed by atoms with Gasteiger partial charge in [0.25, 0.3) is 0 Å². The van der Waals surface area contributed by atoms with Crippen molar-refractivity contribution in [3.63, 3.8) is 0 Å². The summed E-state index contributed by atoms with van der Waals surface area (Å²) in [7, 11) is 0. The van der Waals surface area contributed by atoms with Gasteiger partial charge in [-0.15, -0.1) is 0 Å². The molecule has 0 aliphatic rings. The minimum atomic E-state index is -0.906. The Morgan fingerprint density at radius 3 is 2.39 bits per heavy atom. The molecule has 0 aromatic carbocycles. The van der Waals surface area contributed by atoms with E-state index in [1.165, 1.54) is 4.90 Å². The lowest BCUT2D eigenvalue weighted by molar-refractivity contribution is -0.138. The Bertz CT molecular complexity index is 271. The molecule has 2 atom stereocenters. The predicted molar refractivity (Wildman–Crippen MR) is 68.6 cm³/mol. The molecule has 106 valence electrons. The molecule has 0 saturated heterocycles. The number of amides is 2. The van der Waals surface area contributed by atoms with E-state index >= 15 is 0 Å². The first kappa shape index (κ1) is 16.7. The van der Waals surface area contributed by atoms with E-state index in [4.69, 9.17) is 9.84 Å². The number of ether oxygens (including phenoxy) is 1. The van der Waals surface area contributed by atoms with Gasteiger partial charge in [-0.25, -0.2) is 4.79 Å². The highest BCUT2D eigenvalue weighted by Crippen LogP contribution is 2.04. The smallest absolute Gasteiger partial charge is 0.317 e. The van der Waals surface area contributed by atoms with Crippen LogP contribution in [0.1, 0.15) is 34.1 Å². The van der Waals surface area contributed by atoms with Gasteiger partial charge in [0, 0.05) is 25.7 Å². The number of carbonyl (C=O) groups excluding carboxylic acids is 1. The third-order valence-corrected chi connectivity index (χ3v) is 2.60. The maximum Gasteiger partial charge on any atom is 0.317 e. The molecule has 0 saturated carbocycles. The fraction of sp³-hybridized carbons (Fsp3) is 0.833. The molecule has 0 aliphatic carbocycles. The molecule has 6 heteroatoms. The van der Waals surface area contributed by atoms with Crippen LogP contribution in [0.2, 0.25) is 0 Å². The van der Waals surface area contributed by atoms with Crippen LogP contribution < -0.4 is 5.32 Å². The van der Waals surface area contributed by atoms with Crippen molar-refractivity contribution in [3.05, 3.63) is 0 Å². The number of carboxylic acid groups (broad SMARTS) is 1. The number of urea groups is 1. The van der Waals surface area contributed by atoms with Crippen molar-refractivity contribution in [3.8, 4) is 0 Å². The molecule has 0 aliphatic heterocycles. The molecule has 2 N–H and O–H groups in total. The van der Waals surface area contributed by atoms with Crippen LogP contribution in [-0.4, -0.2) is 53.8 Å². The summed E-state index contributed by atoms with van der Waals surface area (Å²) in [4.78, 5) is 24.0. The molecule has 0 radical (unpaired) electrons. The first-order valence-electron chi connectivity index (χ1n) is 6.30. The Morgan fingerprint density at radius 1 is 1.33 bits per heavy atom. The van der Waals surface area contributed by atoms with Gasteiger partial charge in [0.2, 0.25) is 0 Å². The molecule has 0 heterocycles. The van der Waals surface area contributed by atoms with Gasteiger partial charge in [-0.3, -0.25) is 4.79 Å². The largest absolute Gasteiger partial charge is 0.481 e. The number of rotatable bonds is 8. The highest BCUT2D eigenvalue weighted by atomic mass is 16.5. The van der Waals surface area contributed by atoms with Gasteiger partial charge in [0.15, 0.2) is 0 Å². The van der Waals surface area contributed by atoms with Crippen molar-refractivity contribution in [2.45, 2.75) is 46.3 Å². The Morgan fingerprint density at radius 2 is 1.94 bits per heavy atom. The van der Waals surface area contributed by atoms with Gasteiger partial charge in [0.05, 0.1) is 12.5 Å². The average Bonchev–Trinajstić information content (AvgIpc) is 2.26. The van der Waals surface area contributed by atoms with Gasteiger partial charge < -0.3 is 20.1 Å². The summed E-state index contributed by atoms with van der Waals surface area (Å²) < 4.78 is 5.30. The van der Waals surface area contributed by atoms with E-state index in [1.54, 1.807) is 6.92 Å². The summed E-state index contributed by atoms with van der Waals surface area (Å²) in [5, 5.41) is 11.5. The van der Waals surface area contributed by atoms with Crippen LogP contribution in [0.15, 0.2) is 0 Å². The molecule has 6 nitrogen and oxygen atoms in total. The average molecular weight is 260 g/mol. The maximum absolute atomic E-state index is 11.9. The van der Waals surface area contributed by atoms with Crippen LogP contribution in [0.3, 0.4) is 0 Å². The fourth-order valence-electron chi connectivity index (χ4n) is 1.69. The van der Waals surface area contributed by atoms with E-state index in [-0.39, 0.29) is 24.6 Å². The number of aliphatic carboxylic acids is 1. The Balaban J connectivity index is 4.22. The van der Waals surface area contributed by atoms with Crippen LogP contribution in [-0.2, 0) is 9.53 Å². The lowest BCUT2D eigenvalue weighted by Gasteiger charge is -2.27. The molecule has 0 spiro atoms. The number of hydrogen-bond acceptors (Lipinski definition) is 3. The second-order valence-electron chi connectivity index (χ2n) is 4.18. The molecule has 0 aromatic heterocycles. The zero-order valence-electron chi connectivity index (χ0n) is 11.6. The highest BCUT2D eigenvalue weighted by molar-refractivity contribution is 5.75. The summed E-state index contributed by atoms with van der Waals surface area (Å²) in [5.41, 5.74) is 0. The van der Waals surface area contributed by atoms with Crippen LogP contribution in [0.4, 0.5) is 4.79 Å². The number of nitrogens with zero attached hydrogens (tertiary/aromatic N) is 1. The number of nitrogens with one attached hydrogen (secondary N) is 1. The van der Waals surface area contributed by atoms with Crippen molar-refractivity contribution in [1.82, 2.24) is 10.2 Å². The summed E-state index contributed by atoms with van der Waals surface area (Å²) in [6, 6.07) is -0.576. The van der Waals surface area contributed by atoms with Gasteiger partial charge in [-0.2, -0.15) is 0 Å². The molecule has 0 bridgehead atoms. The minimum Gasteiger partial charge on any atom is -0.481 e. The van der Waals surface area contributed by atoms with E-state index in [9.17, 15) is 9.59 Å². The summed E-state index contributed by atoms with van der Waals surface area (Å²) in [5.74, 6) is -0.906. The van der Waals surface area contributed by atoms with Gasteiger partial charge in [-0.1, -0.05) is 0 Å². The lowest BCUT2D eigenvalue weighted by Crippen LogP contribution is -2.47. The monoisotopic (exact) mass is 260 g/mol. The molecular formula is C12H24N2O4. The molecule has 0 fully saturated rings. The molecular weight excluding hydrogens is 236 g/mol. The molecule has 2 unspecified atom stereocenters. The van der Waals surface area contributed by atoms with Crippen LogP contribution >= 0.6 is 0 Å². The number of carboxylic acids is 1. The van der Waals surface area contributed by atoms with E-state index in [1.807, 2.05) is 20.8 Å².